The van der Waals surface area contributed by atoms with Gasteiger partial charge in [-0.25, -0.2) is 4.99 Å². The number of pyridine rings is 1. The Morgan fingerprint density at radius 1 is 1.29 bits per heavy atom. The van der Waals surface area contributed by atoms with E-state index in [0.717, 1.165) is 60.4 Å². The highest BCUT2D eigenvalue weighted by atomic mass is 16.5. The molecule has 0 aliphatic carbocycles. The van der Waals surface area contributed by atoms with Gasteiger partial charge in [-0.3, -0.25) is 14.9 Å². The zero-order chi connectivity index (χ0) is 24.9. The summed E-state index contributed by atoms with van der Waals surface area (Å²) in [6, 6.07) is 5.20. The fourth-order valence-corrected chi connectivity index (χ4v) is 5.22. The van der Waals surface area contributed by atoms with E-state index in [9.17, 15) is 0 Å². The van der Waals surface area contributed by atoms with Crippen molar-refractivity contribution in [2.24, 2.45) is 9.98 Å². The molecule has 0 amide bonds. The lowest BCUT2D eigenvalue weighted by Crippen LogP contribution is -2.46. The van der Waals surface area contributed by atoms with E-state index in [1.807, 2.05) is 18.3 Å². The predicted molar refractivity (Wildman–Crippen MR) is 145 cm³/mol. The lowest BCUT2D eigenvalue weighted by molar-refractivity contribution is 0.108. The minimum Gasteiger partial charge on any atom is -0.383 e. The van der Waals surface area contributed by atoms with Crippen molar-refractivity contribution in [2.45, 2.75) is 45.7 Å². The van der Waals surface area contributed by atoms with Crippen LogP contribution in [0.15, 0.2) is 63.9 Å². The molecule has 2 atom stereocenters. The van der Waals surface area contributed by atoms with Crippen LogP contribution in [0.4, 0.5) is 5.69 Å². The number of hydrogen-bond donors (Lipinski definition) is 1. The Morgan fingerprint density at radius 2 is 2.11 bits per heavy atom. The fraction of sp³-hybridized carbons (Fsp3) is 0.464. The highest BCUT2D eigenvalue weighted by Crippen LogP contribution is 2.34. The Hall–Kier alpha value is -3.03. The summed E-state index contributed by atoms with van der Waals surface area (Å²) in [6.07, 6.45) is 10.2. The van der Waals surface area contributed by atoms with Gasteiger partial charge in [0.2, 0.25) is 0 Å². The topological polar surface area (TPSA) is 65.3 Å². The van der Waals surface area contributed by atoms with Crippen LogP contribution in [0.1, 0.15) is 38.6 Å². The molecule has 35 heavy (non-hydrogen) atoms. The monoisotopic (exact) mass is 474 g/mol. The van der Waals surface area contributed by atoms with Crippen LogP contribution in [-0.2, 0) is 11.2 Å². The molecule has 2 unspecified atom stereocenters. The molecule has 1 aromatic rings. The van der Waals surface area contributed by atoms with Gasteiger partial charge in [-0.2, -0.15) is 0 Å². The number of amidine groups is 1. The number of nitrogens with zero attached hydrogens (tertiary/aromatic N) is 5. The molecule has 186 valence electrons. The Labute approximate surface area is 209 Å². The molecule has 1 N–H and O–H groups in total. The fourth-order valence-electron chi connectivity index (χ4n) is 5.22. The number of nitrogens with one attached hydrogen (secondary N) is 1. The molecule has 2 bridgehead atoms. The van der Waals surface area contributed by atoms with Crippen molar-refractivity contribution >= 4 is 23.3 Å². The minimum atomic E-state index is 0.540. The summed E-state index contributed by atoms with van der Waals surface area (Å²) in [5.74, 6) is 0.877. The van der Waals surface area contributed by atoms with Gasteiger partial charge in [0.1, 0.15) is 5.84 Å². The van der Waals surface area contributed by atoms with Crippen LogP contribution in [0, 0.1) is 0 Å². The maximum atomic E-state index is 5.28. The van der Waals surface area contributed by atoms with Gasteiger partial charge in [-0.1, -0.05) is 18.2 Å². The van der Waals surface area contributed by atoms with Crippen LogP contribution in [0.2, 0.25) is 0 Å². The number of hydrogen-bond acceptors (Lipinski definition) is 7. The molecule has 2 saturated heterocycles. The molecule has 0 radical (unpaired) electrons. The minimum absolute atomic E-state index is 0.540. The average Bonchev–Trinajstić information content (AvgIpc) is 3.53. The second-order valence-electron chi connectivity index (χ2n) is 9.60. The maximum absolute atomic E-state index is 5.28. The van der Waals surface area contributed by atoms with Gasteiger partial charge in [-0.05, 0) is 51.5 Å². The molecule has 2 fully saturated rings. The summed E-state index contributed by atoms with van der Waals surface area (Å²) < 4.78 is 5.28. The summed E-state index contributed by atoms with van der Waals surface area (Å²) in [4.78, 5) is 18.9. The lowest BCUT2D eigenvalue weighted by Gasteiger charge is -2.36. The molecule has 4 rings (SSSR count). The van der Waals surface area contributed by atoms with Crippen molar-refractivity contribution in [1.82, 2.24) is 20.1 Å². The zero-order valence-corrected chi connectivity index (χ0v) is 21.7. The van der Waals surface area contributed by atoms with Gasteiger partial charge < -0.3 is 15.0 Å². The van der Waals surface area contributed by atoms with Crippen molar-refractivity contribution in [3.63, 3.8) is 0 Å². The summed E-state index contributed by atoms with van der Waals surface area (Å²) in [5, 5.41) is 3.43. The molecule has 1 aromatic heterocycles. The molecular weight excluding hydrogens is 436 g/mol. The molecule has 3 aliphatic rings. The van der Waals surface area contributed by atoms with Crippen molar-refractivity contribution in [2.75, 3.05) is 40.4 Å². The van der Waals surface area contributed by atoms with Gasteiger partial charge in [0.05, 0.1) is 30.1 Å². The van der Waals surface area contributed by atoms with Crippen LogP contribution < -0.4 is 5.32 Å². The van der Waals surface area contributed by atoms with Crippen LogP contribution in [0.3, 0.4) is 0 Å². The molecular formula is C28H38N6O. The standard InChI is InChI=1S/C28H38N6O/c1-7-8-21(34-18-22-14-23(34)17-33(22)11-12-35-6)13-20(4)30-28-15-27-26(32-28)10-9-25(31-27)24(16-29-5)19(2)3/h7-10,13,16,22-23H,4,11-12,14-15,17-18H2,1-3,5-6H3,(H,30,32)/b8-7-,21-13+,29-16?. The van der Waals surface area contributed by atoms with E-state index in [1.54, 1.807) is 14.2 Å². The lowest BCUT2D eigenvalue weighted by atomic mass is 10.1. The van der Waals surface area contributed by atoms with Gasteiger partial charge in [0.15, 0.2) is 0 Å². The first kappa shape index (κ1) is 25.1. The number of ether oxygens (including phenoxy) is 1. The number of likely N-dealkylation sites (tertiary alicyclic amines) is 2. The molecule has 0 spiro atoms. The number of fused-ring (bicyclic) bond motifs is 3. The molecule has 4 heterocycles. The molecule has 0 saturated carbocycles. The van der Waals surface area contributed by atoms with E-state index in [0.29, 0.717) is 18.5 Å². The third-order valence-corrected chi connectivity index (χ3v) is 6.85. The van der Waals surface area contributed by atoms with E-state index >= 15 is 0 Å². The first-order valence-corrected chi connectivity index (χ1v) is 12.4. The predicted octanol–water partition coefficient (Wildman–Crippen LogP) is 4.13. The van der Waals surface area contributed by atoms with Gasteiger partial charge >= 0.3 is 0 Å². The first-order valence-electron chi connectivity index (χ1n) is 12.4. The number of aliphatic imine (C=N–C) groups is 2. The third kappa shape index (κ3) is 5.63. The van der Waals surface area contributed by atoms with Crippen LogP contribution in [0.5, 0.6) is 0 Å². The smallest absolute Gasteiger partial charge is 0.113 e. The normalized spacial score (nSPS) is 21.8. The van der Waals surface area contributed by atoms with E-state index < -0.39 is 0 Å². The summed E-state index contributed by atoms with van der Waals surface area (Å²) in [7, 11) is 3.56. The summed E-state index contributed by atoms with van der Waals surface area (Å²) >= 11 is 0. The number of rotatable bonds is 9. The van der Waals surface area contributed by atoms with Crippen LogP contribution in [-0.4, -0.2) is 79.3 Å². The third-order valence-electron chi connectivity index (χ3n) is 6.85. The van der Waals surface area contributed by atoms with Gasteiger partial charge in [0, 0.05) is 69.1 Å². The quantitative estimate of drug-likeness (QED) is 0.431. The zero-order valence-electron chi connectivity index (χ0n) is 21.7. The molecule has 7 nitrogen and oxygen atoms in total. The second-order valence-corrected chi connectivity index (χ2v) is 9.60. The largest absolute Gasteiger partial charge is 0.383 e. The Bertz CT molecular complexity index is 1110. The highest BCUT2D eigenvalue weighted by molar-refractivity contribution is 6.10. The van der Waals surface area contributed by atoms with Crippen LogP contribution in [0.25, 0.3) is 5.57 Å². The Kier molecular flexibility index (Phi) is 7.98. The van der Waals surface area contributed by atoms with Crippen molar-refractivity contribution in [3.8, 4) is 0 Å². The number of piperazine rings is 1. The van der Waals surface area contributed by atoms with E-state index in [4.69, 9.17) is 14.7 Å². The number of allylic oxidation sites excluding steroid dienone is 5. The summed E-state index contributed by atoms with van der Waals surface area (Å²) in [6.45, 7) is 14.5. The molecule has 7 heteroatoms. The molecule has 0 aromatic carbocycles. The van der Waals surface area contributed by atoms with Crippen LogP contribution >= 0.6 is 0 Å². The average molecular weight is 475 g/mol. The van der Waals surface area contributed by atoms with Crippen molar-refractivity contribution < 1.29 is 4.74 Å². The van der Waals surface area contributed by atoms with E-state index in [2.05, 4.69) is 65.7 Å². The molecule has 3 aliphatic heterocycles. The second kappa shape index (κ2) is 11.1. The summed E-state index contributed by atoms with van der Waals surface area (Å²) in [5.41, 5.74) is 7.11. The van der Waals surface area contributed by atoms with E-state index in [-0.39, 0.29) is 0 Å². The first-order chi connectivity index (χ1) is 16.9. The maximum Gasteiger partial charge on any atom is 0.113 e. The number of aromatic nitrogens is 1. The van der Waals surface area contributed by atoms with Gasteiger partial charge in [-0.15, -0.1) is 0 Å². The Balaban J connectivity index is 1.41. The Morgan fingerprint density at radius 3 is 2.77 bits per heavy atom. The van der Waals surface area contributed by atoms with Crippen molar-refractivity contribution in [3.05, 3.63) is 65.3 Å². The number of methoxy groups -OCH3 is 1. The SMILES string of the molecule is C=C(/C=C(\C=C/C)N1CC2CC1CN2CCOC)NC1=Nc2ccc(C(C=NC)=C(C)C)nc2C1. The highest BCUT2D eigenvalue weighted by Gasteiger charge is 2.43. The van der Waals surface area contributed by atoms with Crippen molar-refractivity contribution in [1.29, 1.82) is 0 Å². The van der Waals surface area contributed by atoms with Gasteiger partial charge in [0.25, 0.3) is 0 Å². The van der Waals surface area contributed by atoms with E-state index in [1.165, 1.54) is 17.7 Å².